The molecule has 1 aliphatic heterocycles. The van der Waals surface area contributed by atoms with E-state index < -0.39 is 53.0 Å². The van der Waals surface area contributed by atoms with E-state index in [0.29, 0.717) is 0 Å². The van der Waals surface area contributed by atoms with Crippen LogP contribution in [0.3, 0.4) is 0 Å². The number of nitrogens with one attached hydrogen (secondary N) is 1. The van der Waals surface area contributed by atoms with Crippen molar-refractivity contribution < 1.29 is 29.3 Å². The zero-order chi connectivity index (χ0) is 19.1. The fourth-order valence-electron chi connectivity index (χ4n) is 2.79. The van der Waals surface area contributed by atoms with Crippen LogP contribution >= 0.6 is 15.9 Å². The Hall–Kier alpha value is -1.66. The number of aliphatic hydroxyl groups excluding tert-OH is 1. The molecule has 25 heavy (non-hydrogen) atoms. The Morgan fingerprint density at radius 3 is 2.52 bits per heavy atom. The summed E-state index contributed by atoms with van der Waals surface area (Å²) in [6, 6.07) is 0. The van der Waals surface area contributed by atoms with Gasteiger partial charge in [-0.1, -0.05) is 0 Å². The molecule has 1 fully saturated rings. The number of carbonyl (C=O) groups is 2. The summed E-state index contributed by atoms with van der Waals surface area (Å²) in [5.41, 5.74) is -3.95. The molecule has 1 aromatic heterocycles. The maximum atomic E-state index is 12.1. The number of halogens is 1. The summed E-state index contributed by atoms with van der Waals surface area (Å²) in [6.45, 7) is 2.11. The van der Waals surface area contributed by atoms with Crippen molar-refractivity contribution in [2.45, 2.75) is 44.0 Å². The molecule has 3 N–H and O–H groups in total. The van der Waals surface area contributed by atoms with Gasteiger partial charge in [0.05, 0.1) is 4.47 Å². The standard InChI is InChI=1S/C14H17BrN2O8/c1-5(18)8(20)9-14(23,6(2)19)10(24-3)12(25-9)17-4-7(15)11(21)16-13(17)22/h4,8-10,12,20,23H,1-3H3,(H,16,21,22)/t8?,9-,10+,12-,14-/m1/s1. The molecule has 0 radical (unpaired) electrons. The van der Waals surface area contributed by atoms with E-state index in [2.05, 4.69) is 15.9 Å². The number of ketones is 2. The Morgan fingerprint density at radius 1 is 1.44 bits per heavy atom. The number of Topliss-reactive ketones (excluding diaryl/α,β-unsaturated/α-hetero) is 2. The van der Waals surface area contributed by atoms with Crippen LogP contribution in [0.2, 0.25) is 0 Å². The smallest absolute Gasteiger partial charge is 0.330 e. The van der Waals surface area contributed by atoms with Gasteiger partial charge < -0.3 is 19.7 Å². The first-order chi connectivity index (χ1) is 11.5. The van der Waals surface area contributed by atoms with Crippen LogP contribution in [0, 0.1) is 0 Å². The summed E-state index contributed by atoms with van der Waals surface area (Å²) in [4.78, 5) is 49.2. The van der Waals surface area contributed by atoms with Gasteiger partial charge in [0.2, 0.25) is 0 Å². The largest absolute Gasteiger partial charge is 0.382 e. The molecular formula is C14H17BrN2O8. The van der Waals surface area contributed by atoms with Gasteiger partial charge >= 0.3 is 5.69 Å². The molecule has 0 spiro atoms. The summed E-state index contributed by atoms with van der Waals surface area (Å²) >= 11 is 2.96. The minimum atomic E-state index is -2.38. The predicted octanol–water partition coefficient (Wildman–Crippen LogP) is -1.52. The van der Waals surface area contributed by atoms with Crippen LogP contribution in [0.4, 0.5) is 0 Å². The van der Waals surface area contributed by atoms with E-state index >= 15 is 0 Å². The van der Waals surface area contributed by atoms with Crippen LogP contribution in [0.15, 0.2) is 20.3 Å². The topological polar surface area (TPSA) is 148 Å². The maximum Gasteiger partial charge on any atom is 0.330 e. The molecule has 10 nitrogen and oxygen atoms in total. The second kappa shape index (κ2) is 6.92. The number of aliphatic hydroxyl groups is 2. The molecule has 0 bridgehead atoms. The fraction of sp³-hybridized carbons (Fsp3) is 0.571. The van der Waals surface area contributed by atoms with Gasteiger partial charge in [0.25, 0.3) is 5.56 Å². The molecule has 0 saturated carbocycles. The first-order valence-electron chi connectivity index (χ1n) is 7.16. The second-order valence-electron chi connectivity index (χ2n) is 5.68. The van der Waals surface area contributed by atoms with Crippen molar-refractivity contribution in [3.8, 4) is 0 Å². The summed E-state index contributed by atoms with van der Waals surface area (Å²) in [6.07, 6.45) is -5.17. The lowest BCUT2D eigenvalue weighted by Gasteiger charge is -2.31. The zero-order valence-corrected chi connectivity index (χ0v) is 15.1. The van der Waals surface area contributed by atoms with Crippen molar-refractivity contribution in [1.82, 2.24) is 9.55 Å². The lowest BCUT2D eigenvalue weighted by atomic mass is 9.84. The van der Waals surface area contributed by atoms with Crippen LogP contribution in [0.1, 0.15) is 20.1 Å². The highest BCUT2D eigenvalue weighted by atomic mass is 79.9. The van der Waals surface area contributed by atoms with Gasteiger partial charge in [0, 0.05) is 13.3 Å². The summed E-state index contributed by atoms with van der Waals surface area (Å²) < 4.78 is 11.5. The number of hydrogen-bond donors (Lipinski definition) is 3. The van der Waals surface area contributed by atoms with Crippen molar-refractivity contribution in [3.05, 3.63) is 31.5 Å². The van der Waals surface area contributed by atoms with E-state index in [1.165, 1.54) is 7.11 Å². The van der Waals surface area contributed by atoms with E-state index in [-0.39, 0.29) is 4.47 Å². The number of hydrogen-bond acceptors (Lipinski definition) is 8. The fourth-order valence-corrected chi connectivity index (χ4v) is 3.11. The highest BCUT2D eigenvalue weighted by Gasteiger charge is 2.63. The number of aromatic nitrogens is 2. The van der Waals surface area contributed by atoms with E-state index in [1.54, 1.807) is 0 Å². The molecule has 1 aromatic rings. The Bertz CT molecular complexity index is 818. The van der Waals surface area contributed by atoms with E-state index in [1.807, 2.05) is 4.98 Å². The Kier molecular flexibility index (Phi) is 5.44. The minimum absolute atomic E-state index is 0.00696. The van der Waals surface area contributed by atoms with Crippen LogP contribution < -0.4 is 11.2 Å². The van der Waals surface area contributed by atoms with Gasteiger partial charge in [0.1, 0.15) is 18.3 Å². The van der Waals surface area contributed by atoms with Crippen LogP contribution in [-0.2, 0) is 19.1 Å². The van der Waals surface area contributed by atoms with Gasteiger partial charge in [-0.15, -0.1) is 0 Å². The van der Waals surface area contributed by atoms with Gasteiger partial charge in [-0.25, -0.2) is 4.79 Å². The zero-order valence-electron chi connectivity index (χ0n) is 13.6. The SMILES string of the molecule is CO[C@H]1[C@H](n2cc(Br)c(=O)[nH]c2=O)O[C@H](C(O)C(C)=O)[C@]1(O)C(C)=O. The van der Waals surface area contributed by atoms with Crippen LogP contribution in [0.25, 0.3) is 0 Å². The first-order valence-corrected chi connectivity index (χ1v) is 7.96. The molecule has 2 heterocycles. The average molecular weight is 421 g/mol. The van der Waals surface area contributed by atoms with E-state index in [9.17, 15) is 29.4 Å². The molecule has 2 rings (SSSR count). The molecule has 1 saturated heterocycles. The van der Waals surface area contributed by atoms with Crippen molar-refractivity contribution in [2.75, 3.05) is 7.11 Å². The minimum Gasteiger partial charge on any atom is -0.382 e. The molecule has 138 valence electrons. The van der Waals surface area contributed by atoms with Crippen molar-refractivity contribution in [1.29, 1.82) is 0 Å². The number of methoxy groups -OCH3 is 1. The van der Waals surface area contributed by atoms with Crippen molar-refractivity contribution in [3.63, 3.8) is 0 Å². The van der Waals surface area contributed by atoms with Crippen LogP contribution in [-0.4, -0.2) is 62.4 Å². The third kappa shape index (κ3) is 3.13. The lowest BCUT2D eigenvalue weighted by molar-refractivity contribution is -0.164. The van der Waals surface area contributed by atoms with Gasteiger partial charge in [-0.05, 0) is 29.8 Å². The Labute approximate surface area is 149 Å². The first kappa shape index (κ1) is 19.7. The molecule has 11 heteroatoms. The van der Waals surface area contributed by atoms with Crippen molar-refractivity contribution in [2.24, 2.45) is 0 Å². The Morgan fingerprint density at radius 2 is 2.04 bits per heavy atom. The molecule has 1 aliphatic rings. The Balaban J connectivity index is 2.63. The van der Waals surface area contributed by atoms with Crippen LogP contribution in [0.5, 0.6) is 0 Å². The second-order valence-corrected chi connectivity index (χ2v) is 6.54. The third-order valence-corrected chi connectivity index (χ3v) is 4.70. The molecule has 0 amide bonds. The number of nitrogens with zero attached hydrogens (tertiary/aromatic N) is 1. The number of ether oxygens (including phenoxy) is 2. The molecule has 5 atom stereocenters. The number of rotatable bonds is 5. The monoisotopic (exact) mass is 420 g/mol. The van der Waals surface area contributed by atoms with Gasteiger partial charge in [0.15, 0.2) is 23.4 Å². The lowest BCUT2D eigenvalue weighted by Crippen LogP contribution is -2.58. The molecule has 1 unspecified atom stereocenters. The summed E-state index contributed by atoms with van der Waals surface area (Å²) in [7, 11) is 1.17. The molecular weight excluding hydrogens is 404 g/mol. The van der Waals surface area contributed by atoms with Crippen molar-refractivity contribution >= 4 is 27.5 Å². The van der Waals surface area contributed by atoms with E-state index in [0.717, 1.165) is 24.6 Å². The number of carbonyl (C=O) groups excluding carboxylic acids is 2. The quantitative estimate of drug-likeness (QED) is 0.520. The molecule has 0 aliphatic carbocycles. The maximum absolute atomic E-state index is 12.1. The normalized spacial score (nSPS) is 30.2. The van der Waals surface area contributed by atoms with Gasteiger partial charge in [-0.2, -0.15) is 0 Å². The summed E-state index contributed by atoms with van der Waals surface area (Å²) in [5, 5.41) is 20.9. The highest BCUT2D eigenvalue weighted by Crippen LogP contribution is 2.40. The predicted molar refractivity (Wildman–Crippen MR) is 86.0 cm³/mol. The average Bonchev–Trinajstić information content (AvgIpc) is 2.83. The van der Waals surface area contributed by atoms with Gasteiger partial charge in [-0.3, -0.25) is 23.9 Å². The third-order valence-electron chi connectivity index (χ3n) is 4.13. The number of H-pyrrole nitrogens is 1. The summed E-state index contributed by atoms with van der Waals surface area (Å²) in [5.74, 6) is -1.56. The highest BCUT2D eigenvalue weighted by molar-refractivity contribution is 9.10. The number of aromatic amines is 1. The van der Waals surface area contributed by atoms with E-state index in [4.69, 9.17) is 9.47 Å². The molecule has 0 aromatic carbocycles.